The predicted molar refractivity (Wildman–Crippen MR) is 161 cm³/mol. The van der Waals surface area contributed by atoms with Crippen molar-refractivity contribution in [1.82, 2.24) is 15.0 Å². The average molecular weight is 622 g/mol. The van der Waals surface area contributed by atoms with E-state index >= 15 is 4.11 Å². The minimum Gasteiger partial charge on any atom is -0.441 e. The number of fused-ring (bicyclic) bond motifs is 2. The van der Waals surface area contributed by atoms with Crippen LogP contribution in [0, 0.1) is 5.92 Å². The number of esters is 1. The summed E-state index contributed by atoms with van der Waals surface area (Å²) in [4.78, 5) is 42.1. The van der Waals surface area contributed by atoms with Gasteiger partial charge in [0, 0.05) is 61.1 Å². The van der Waals surface area contributed by atoms with E-state index in [1.165, 1.54) is 11.8 Å². The fourth-order valence-electron chi connectivity index (χ4n) is 7.13. The van der Waals surface area contributed by atoms with Gasteiger partial charge in [0.25, 0.3) is 5.91 Å². The molecule has 1 N–H and O–H groups in total. The summed E-state index contributed by atoms with van der Waals surface area (Å²) < 4.78 is 30.1. The molecule has 3 aliphatic rings. The van der Waals surface area contributed by atoms with Crippen LogP contribution < -0.4 is 9.80 Å². The van der Waals surface area contributed by atoms with Crippen LogP contribution in [0.5, 0.6) is 0 Å². The van der Waals surface area contributed by atoms with Gasteiger partial charge >= 0.3 is 5.97 Å². The molecule has 2 fully saturated rings. The first-order valence-corrected chi connectivity index (χ1v) is 17.8. The van der Waals surface area contributed by atoms with Gasteiger partial charge in [0.15, 0.2) is 11.8 Å². The molecule has 232 valence electrons. The van der Waals surface area contributed by atoms with Gasteiger partial charge in [0.05, 0.1) is 23.9 Å². The van der Waals surface area contributed by atoms with E-state index < -0.39 is 43.8 Å². The van der Waals surface area contributed by atoms with Crippen molar-refractivity contribution in [1.29, 1.82) is 0 Å². The number of aliphatic hydroxyl groups is 1. The second kappa shape index (κ2) is 11.2. The minimum absolute atomic E-state index is 0.0414. The van der Waals surface area contributed by atoms with E-state index in [2.05, 4.69) is 10.3 Å². The smallest absolute Gasteiger partial charge is 0.304 e. The molecule has 44 heavy (non-hydrogen) atoms. The van der Waals surface area contributed by atoms with Crippen molar-refractivity contribution in [3.05, 3.63) is 66.0 Å². The van der Waals surface area contributed by atoms with Gasteiger partial charge in [0.1, 0.15) is 0 Å². The molecule has 1 spiro atoms. The highest BCUT2D eigenvalue weighted by Gasteiger charge is 2.67. The van der Waals surface area contributed by atoms with Crippen molar-refractivity contribution in [3.63, 3.8) is 0 Å². The molecule has 0 bridgehead atoms. The third-order valence-electron chi connectivity index (χ3n) is 8.95. The standard InChI is InChI=1S/C31H36FN5O6Si/c1-19-29(44(3,4)32)26(12-14-35-18-21(13-15-38)33-34-35)43-31(19)24-16-23(37-27(40)17-28(37)42-20(2)39)10-11-25(24)36(30(31)41)22-8-6-5-7-9-22/h5-11,16,18-19,26,28-29,38H,12-15,17H2,1-4H3/t19-,26+,28?,29-,31+/m1/s1. The van der Waals surface area contributed by atoms with Crippen LogP contribution in [0.3, 0.4) is 0 Å². The quantitative estimate of drug-likeness (QED) is 0.165. The summed E-state index contributed by atoms with van der Waals surface area (Å²) in [5, 5.41) is 17.5. The molecule has 0 radical (unpaired) electrons. The molecule has 3 aliphatic heterocycles. The molecule has 0 aliphatic carbocycles. The summed E-state index contributed by atoms with van der Waals surface area (Å²) >= 11 is 0. The van der Waals surface area contributed by atoms with Crippen LogP contribution >= 0.6 is 0 Å². The number of β-lactam (4-membered cyclic amide) rings is 1. The Morgan fingerprint density at radius 2 is 1.93 bits per heavy atom. The van der Waals surface area contributed by atoms with Crippen molar-refractivity contribution < 1.29 is 33.1 Å². The highest BCUT2D eigenvalue weighted by molar-refractivity contribution is 6.72. The molecule has 2 amide bonds. The van der Waals surface area contributed by atoms with Crippen molar-refractivity contribution >= 4 is 43.3 Å². The summed E-state index contributed by atoms with van der Waals surface area (Å²) in [5.74, 6) is -1.56. The summed E-state index contributed by atoms with van der Waals surface area (Å²) in [6, 6.07) is 14.5. The predicted octanol–water partition coefficient (Wildman–Crippen LogP) is 3.98. The Bertz CT molecular complexity index is 1600. The van der Waals surface area contributed by atoms with E-state index in [1.54, 1.807) is 47.1 Å². The minimum atomic E-state index is -3.41. The van der Waals surface area contributed by atoms with Crippen LogP contribution in [0.1, 0.15) is 37.9 Å². The highest BCUT2D eigenvalue weighted by Crippen LogP contribution is 2.61. The Kier molecular flexibility index (Phi) is 7.66. The fraction of sp³-hybridized carbons (Fsp3) is 0.452. The summed E-state index contributed by atoms with van der Waals surface area (Å²) in [6.45, 7) is 6.81. The van der Waals surface area contributed by atoms with Crippen molar-refractivity contribution in [2.24, 2.45) is 5.92 Å². The summed E-state index contributed by atoms with van der Waals surface area (Å²) in [7, 11) is -3.41. The van der Waals surface area contributed by atoms with Gasteiger partial charge in [-0.1, -0.05) is 30.3 Å². The maximum atomic E-state index is 16.2. The lowest BCUT2D eigenvalue weighted by atomic mass is 9.82. The maximum Gasteiger partial charge on any atom is 0.304 e. The van der Waals surface area contributed by atoms with Gasteiger partial charge in [0.2, 0.25) is 14.3 Å². The number of carbonyl (C=O) groups is 3. The number of halogens is 1. The van der Waals surface area contributed by atoms with E-state index in [9.17, 15) is 19.5 Å². The van der Waals surface area contributed by atoms with Crippen LogP contribution in [-0.2, 0) is 42.4 Å². The Balaban J connectivity index is 1.42. The molecular formula is C31H36FN5O6Si. The lowest BCUT2D eigenvalue weighted by Crippen LogP contribution is -2.55. The number of aryl methyl sites for hydroxylation is 1. The molecule has 6 rings (SSSR count). The van der Waals surface area contributed by atoms with Crippen LogP contribution in [0.15, 0.2) is 54.7 Å². The zero-order chi connectivity index (χ0) is 31.4. The van der Waals surface area contributed by atoms with Crippen LogP contribution in [0.25, 0.3) is 0 Å². The van der Waals surface area contributed by atoms with E-state index in [-0.39, 0.29) is 24.8 Å². The van der Waals surface area contributed by atoms with Crippen molar-refractivity contribution in [2.45, 2.75) is 76.2 Å². The van der Waals surface area contributed by atoms with Gasteiger partial charge in [-0.2, -0.15) is 0 Å². The number of hydrogen-bond donors (Lipinski definition) is 1. The number of rotatable bonds is 9. The zero-order valence-electron chi connectivity index (χ0n) is 25.1. The highest BCUT2D eigenvalue weighted by atomic mass is 28.4. The lowest BCUT2D eigenvalue weighted by Gasteiger charge is -2.39. The Hall–Kier alpha value is -3.94. The number of amides is 2. The molecule has 5 atom stereocenters. The molecule has 13 heteroatoms. The third kappa shape index (κ3) is 4.92. The molecule has 3 aromatic rings. The van der Waals surface area contributed by atoms with Gasteiger partial charge in [-0.25, -0.2) is 0 Å². The molecule has 1 unspecified atom stereocenters. The zero-order valence-corrected chi connectivity index (χ0v) is 26.1. The fourth-order valence-corrected chi connectivity index (χ4v) is 9.68. The first kappa shape index (κ1) is 30.1. The Morgan fingerprint density at radius 1 is 1.18 bits per heavy atom. The molecule has 1 aromatic heterocycles. The molecule has 4 heterocycles. The number of nitrogens with zero attached hydrogens (tertiary/aromatic N) is 5. The molecule has 2 saturated heterocycles. The second-order valence-corrected chi connectivity index (χ2v) is 16.0. The molecule has 11 nitrogen and oxygen atoms in total. The van der Waals surface area contributed by atoms with Crippen LogP contribution in [0.4, 0.5) is 21.2 Å². The number of carbonyl (C=O) groups excluding carboxylic acids is 3. The second-order valence-electron chi connectivity index (χ2n) is 12.2. The van der Waals surface area contributed by atoms with Gasteiger partial charge in [-0.05, 0) is 49.8 Å². The van der Waals surface area contributed by atoms with Gasteiger partial charge < -0.3 is 18.7 Å². The topological polar surface area (TPSA) is 127 Å². The molecule has 2 aromatic carbocycles. The van der Waals surface area contributed by atoms with Crippen molar-refractivity contribution in [2.75, 3.05) is 16.4 Å². The molecular weight excluding hydrogens is 585 g/mol. The molecule has 0 saturated carbocycles. The van der Waals surface area contributed by atoms with Crippen molar-refractivity contribution in [3.8, 4) is 0 Å². The Labute approximate surface area is 255 Å². The Morgan fingerprint density at radius 3 is 2.59 bits per heavy atom. The van der Waals surface area contributed by atoms with Crippen LogP contribution in [0.2, 0.25) is 18.6 Å². The van der Waals surface area contributed by atoms with E-state index in [0.717, 1.165) is 0 Å². The number of benzene rings is 2. The van der Waals surface area contributed by atoms with E-state index in [1.807, 2.05) is 37.3 Å². The van der Waals surface area contributed by atoms with E-state index in [0.29, 0.717) is 47.7 Å². The largest absolute Gasteiger partial charge is 0.441 e. The third-order valence-corrected chi connectivity index (χ3v) is 11.4. The van der Waals surface area contributed by atoms with E-state index in [4.69, 9.17) is 9.47 Å². The number of para-hydroxylation sites is 1. The number of hydrogen-bond acceptors (Lipinski definition) is 8. The number of anilines is 3. The monoisotopic (exact) mass is 621 g/mol. The lowest BCUT2D eigenvalue weighted by molar-refractivity contribution is -0.153. The number of aromatic nitrogens is 3. The first-order chi connectivity index (χ1) is 21.0. The average Bonchev–Trinajstić information content (AvgIpc) is 3.61. The first-order valence-electron chi connectivity index (χ1n) is 14.9. The normalized spacial score (nSPS) is 26.3. The number of ether oxygens (including phenoxy) is 2. The summed E-state index contributed by atoms with van der Waals surface area (Å²) in [6.07, 6.45) is 1.25. The SMILES string of the molecule is CC(=O)OC1CC(=O)N1c1ccc2c(c1)[C@]1(O[C@@H](CCn3cc(CCO)nn3)[C@H]([Si](C)(C)F)[C@H]1C)C(=O)N2c1ccccc1. The number of aliphatic hydroxyl groups excluding tert-OH is 1. The summed E-state index contributed by atoms with van der Waals surface area (Å²) in [5.41, 5.74) is 0.874. The van der Waals surface area contributed by atoms with Gasteiger partial charge in [-0.15, -0.1) is 5.10 Å². The van der Waals surface area contributed by atoms with Gasteiger partial charge in [-0.3, -0.25) is 28.9 Å². The van der Waals surface area contributed by atoms with Crippen LogP contribution in [-0.4, -0.2) is 65.2 Å². The maximum absolute atomic E-state index is 16.2.